The molecular formula is C17H21N5O2S. The van der Waals surface area contributed by atoms with E-state index in [1.54, 1.807) is 11.8 Å². The van der Waals surface area contributed by atoms with E-state index in [-0.39, 0.29) is 18.4 Å². The molecule has 25 heavy (non-hydrogen) atoms. The van der Waals surface area contributed by atoms with Gasteiger partial charge in [-0.15, -0.1) is 10.2 Å². The minimum absolute atomic E-state index is 0.238. The van der Waals surface area contributed by atoms with Crippen molar-refractivity contribution in [1.82, 2.24) is 25.4 Å². The number of aryl methyl sites for hydroxylation is 2. The molecule has 1 saturated heterocycles. The number of amides is 3. The van der Waals surface area contributed by atoms with E-state index in [2.05, 4.69) is 52.9 Å². The number of imide groups is 1. The van der Waals surface area contributed by atoms with Crippen molar-refractivity contribution < 1.29 is 9.59 Å². The number of thioether (sulfide) groups is 1. The van der Waals surface area contributed by atoms with Crippen LogP contribution in [0.15, 0.2) is 23.4 Å². The van der Waals surface area contributed by atoms with E-state index < -0.39 is 6.03 Å². The molecule has 7 nitrogen and oxygen atoms in total. The van der Waals surface area contributed by atoms with Gasteiger partial charge in [-0.2, -0.15) is 0 Å². The lowest BCUT2D eigenvalue weighted by molar-refractivity contribution is -0.121. The summed E-state index contributed by atoms with van der Waals surface area (Å²) in [6, 6.07) is 5.51. The van der Waals surface area contributed by atoms with Gasteiger partial charge in [0.05, 0.1) is 5.69 Å². The number of hydrogen-bond donors (Lipinski definition) is 2. The van der Waals surface area contributed by atoms with Gasteiger partial charge in [-0.1, -0.05) is 30.8 Å². The van der Waals surface area contributed by atoms with E-state index in [1.165, 1.54) is 0 Å². The zero-order valence-corrected chi connectivity index (χ0v) is 15.3. The number of benzene rings is 1. The highest BCUT2D eigenvalue weighted by Gasteiger charge is 2.27. The molecule has 0 spiro atoms. The monoisotopic (exact) mass is 359 g/mol. The molecule has 3 amide bonds. The summed E-state index contributed by atoms with van der Waals surface area (Å²) in [6.45, 7) is 6.16. The Morgan fingerprint density at radius 1 is 1.28 bits per heavy atom. The second kappa shape index (κ2) is 7.26. The molecule has 1 aromatic carbocycles. The highest BCUT2D eigenvalue weighted by atomic mass is 32.2. The second-order valence-corrected chi connectivity index (χ2v) is 7.32. The first-order valence-corrected chi connectivity index (χ1v) is 9.21. The molecule has 1 unspecified atom stereocenters. The van der Waals surface area contributed by atoms with Gasteiger partial charge in [-0.25, -0.2) is 4.79 Å². The quantitative estimate of drug-likeness (QED) is 0.799. The molecule has 132 valence electrons. The van der Waals surface area contributed by atoms with Crippen molar-refractivity contribution in [2.75, 3.05) is 5.75 Å². The Balaban J connectivity index is 1.98. The first-order valence-electron chi connectivity index (χ1n) is 8.23. The van der Waals surface area contributed by atoms with E-state index in [1.807, 2.05) is 11.5 Å². The van der Waals surface area contributed by atoms with Crippen LogP contribution in [0.4, 0.5) is 4.79 Å². The standard InChI is InChI=1S/C17H21N5O2S/c1-4-25-17-21-20-14(8-12-9-15(23)19-16(24)18-12)22(17)13-7-10(2)5-6-11(13)3/h5-7,12H,4,8-9H2,1-3H3,(H2,18,19,23,24). The summed E-state index contributed by atoms with van der Waals surface area (Å²) in [5.41, 5.74) is 3.30. The predicted molar refractivity (Wildman–Crippen MR) is 96.0 cm³/mol. The summed E-state index contributed by atoms with van der Waals surface area (Å²) >= 11 is 1.62. The number of aromatic nitrogens is 3. The summed E-state index contributed by atoms with van der Waals surface area (Å²) in [4.78, 5) is 23.2. The largest absolute Gasteiger partial charge is 0.334 e. The van der Waals surface area contributed by atoms with Gasteiger partial charge in [0.25, 0.3) is 0 Å². The van der Waals surface area contributed by atoms with Gasteiger partial charge in [-0.3, -0.25) is 14.7 Å². The van der Waals surface area contributed by atoms with Crippen LogP contribution in [0, 0.1) is 13.8 Å². The highest BCUT2D eigenvalue weighted by molar-refractivity contribution is 7.99. The van der Waals surface area contributed by atoms with Crippen molar-refractivity contribution >= 4 is 23.7 Å². The van der Waals surface area contributed by atoms with Crippen LogP contribution in [0.1, 0.15) is 30.3 Å². The summed E-state index contributed by atoms with van der Waals surface area (Å²) in [7, 11) is 0. The van der Waals surface area contributed by atoms with Gasteiger partial charge >= 0.3 is 6.03 Å². The molecule has 0 saturated carbocycles. The summed E-state index contributed by atoms with van der Waals surface area (Å²) < 4.78 is 2.04. The van der Waals surface area contributed by atoms with Crippen molar-refractivity contribution in [3.8, 4) is 5.69 Å². The van der Waals surface area contributed by atoms with Crippen molar-refractivity contribution in [3.05, 3.63) is 35.2 Å². The number of nitrogens with zero attached hydrogens (tertiary/aromatic N) is 3. The Bertz CT molecular complexity index is 801. The minimum atomic E-state index is -0.456. The number of nitrogens with one attached hydrogen (secondary N) is 2. The Morgan fingerprint density at radius 3 is 2.80 bits per heavy atom. The third-order valence-electron chi connectivity index (χ3n) is 4.03. The van der Waals surface area contributed by atoms with Gasteiger partial charge in [0.2, 0.25) is 5.91 Å². The fourth-order valence-electron chi connectivity index (χ4n) is 2.87. The third kappa shape index (κ3) is 3.84. The van der Waals surface area contributed by atoms with Gasteiger partial charge in [0.15, 0.2) is 5.16 Å². The predicted octanol–water partition coefficient (Wildman–Crippen LogP) is 2.14. The average molecular weight is 359 g/mol. The number of hydrogen-bond acceptors (Lipinski definition) is 5. The molecule has 2 N–H and O–H groups in total. The molecule has 1 aromatic heterocycles. The zero-order chi connectivity index (χ0) is 18.0. The Labute approximate surface area is 150 Å². The van der Waals surface area contributed by atoms with Crippen LogP contribution < -0.4 is 10.6 Å². The average Bonchev–Trinajstić information content (AvgIpc) is 2.91. The minimum Gasteiger partial charge on any atom is -0.334 e. The summed E-state index contributed by atoms with van der Waals surface area (Å²) in [5, 5.41) is 14.5. The molecule has 2 heterocycles. The molecule has 2 aromatic rings. The van der Waals surface area contributed by atoms with Crippen molar-refractivity contribution in [2.45, 2.75) is 44.8 Å². The first-order chi connectivity index (χ1) is 12.0. The first kappa shape index (κ1) is 17.5. The van der Waals surface area contributed by atoms with Crippen molar-refractivity contribution in [3.63, 3.8) is 0 Å². The lowest BCUT2D eigenvalue weighted by Crippen LogP contribution is -2.53. The Hall–Kier alpha value is -2.35. The summed E-state index contributed by atoms with van der Waals surface area (Å²) in [6.07, 6.45) is 0.686. The van der Waals surface area contributed by atoms with E-state index >= 15 is 0 Å². The van der Waals surface area contributed by atoms with Crippen LogP contribution in [0.2, 0.25) is 0 Å². The normalized spacial score (nSPS) is 17.3. The lowest BCUT2D eigenvalue weighted by Gasteiger charge is -2.23. The molecule has 8 heteroatoms. The fourth-order valence-corrected chi connectivity index (χ4v) is 3.56. The Morgan fingerprint density at radius 2 is 2.08 bits per heavy atom. The fraction of sp³-hybridized carbons (Fsp3) is 0.412. The third-order valence-corrected chi connectivity index (χ3v) is 4.84. The van der Waals surface area contributed by atoms with Gasteiger partial charge in [0, 0.05) is 18.9 Å². The topological polar surface area (TPSA) is 88.9 Å². The number of urea groups is 1. The lowest BCUT2D eigenvalue weighted by atomic mass is 10.1. The maximum atomic E-state index is 11.6. The molecule has 1 aliphatic rings. The van der Waals surface area contributed by atoms with E-state index in [0.717, 1.165) is 33.5 Å². The molecule has 0 radical (unpaired) electrons. The van der Waals surface area contributed by atoms with E-state index in [9.17, 15) is 9.59 Å². The van der Waals surface area contributed by atoms with Crippen molar-refractivity contribution in [2.24, 2.45) is 0 Å². The molecule has 0 aliphatic carbocycles. The molecule has 3 rings (SSSR count). The van der Waals surface area contributed by atoms with Crippen LogP contribution in [-0.2, 0) is 11.2 Å². The second-order valence-electron chi connectivity index (χ2n) is 6.08. The van der Waals surface area contributed by atoms with E-state index in [0.29, 0.717) is 6.42 Å². The maximum absolute atomic E-state index is 11.6. The smallest absolute Gasteiger partial charge is 0.321 e. The van der Waals surface area contributed by atoms with Crippen LogP contribution >= 0.6 is 11.8 Å². The molecule has 1 fully saturated rings. The highest BCUT2D eigenvalue weighted by Crippen LogP contribution is 2.26. The van der Waals surface area contributed by atoms with Crippen LogP contribution in [0.5, 0.6) is 0 Å². The molecular weight excluding hydrogens is 338 g/mol. The molecule has 1 aliphatic heterocycles. The Kier molecular flexibility index (Phi) is 5.08. The summed E-state index contributed by atoms with van der Waals surface area (Å²) in [5.74, 6) is 1.35. The number of carbonyl (C=O) groups excluding carboxylic acids is 2. The van der Waals surface area contributed by atoms with Crippen LogP contribution in [0.25, 0.3) is 5.69 Å². The number of carbonyl (C=O) groups is 2. The maximum Gasteiger partial charge on any atom is 0.321 e. The van der Waals surface area contributed by atoms with E-state index in [4.69, 9.17) is 0 Å². The SMILES string of the molecule is CCSc1nnc(CC2CC(=O)NC(=O)N2)n1-c1cc(C)ccc1C. The van der Waals surface area contributed by atoms with Crippen LogP contribution in [-0.4, -0.2) is 38.5 Å². The van der Waals surface area contributed by atoms with Gasteiger partial charge in [0.1, 0.15) is 5.82 Å². The van der Waals surface area contributed by atoms with Gasteiger partial charge < -0.3 is 5.32 Å². The zero-order valence-electron chi connectivity index (χ0n) is 14.5. The van der Waals surface area contributed by atoms with Gasteiger partial charge in [-0.05, 0) is 36.8 Å². The molecule has 1 atom stereocenters. The number of rotatable bonds is 5. The van der Waals surface area contributed by atoms with Crippen molar-refractivity contribution in [1.29, 1.82) is 0 Å². The van der Waals surface area contributed by atoms with Crippen LogP contribution in [0.3, 0.4) is 0 Å². The molecule has 0 bridgehead atoms.